The molecule has 0 spiro atoms. The maximum absolute atomic E-state index is 11.7. The minimum atomic E-state index is 0.0757. The number of Topliss-reactive ketones (excluding diaryl/α,β-unsaturated/α-hetero) is 1. The van der Waals surface area contributed by atoms with Crippen molar-refractivity contribution in [2.45, 2.75) is 33.3 Å². The first-order chi connectivity index (χ1) is 7.17. The fraction of sp³-hybridized carbons (Fsp3) is 0.583. The van der Waals surface area contributed by atoms with E-state index in [-0.39, 0.29) is 5.78 Å². The van der Waals surface area contributed by atoms with Gasteiger partial charge in [-0.25, -0.2) is 0 Å². The largest absolute Gasteiger partial charge is 0.456 e. The van der Waals surface area contributed by atoms with Crippen LogP contribution in [-0.4, -0.2) is 12.9 Å². The van der Waals surface area contributed by atoms with Crippen molar-refractivity contribution >= 4 is 5.78 Å². The van der Waals surface area contributed by atoms with E-state index >= 15 is 0 Å². The lowest BCUT2D eigenvalue weighted by Crippen LogP contribution is -2.04. The van der Waals surface area contributed by atoms with E-state index in [1.54, 1.807) is 19.2 Å². The Morgan fingerprint density at radius 1 is 1.53 bits per heavy atom. The molecule has 15 heavy (non-hydrogen) atoms. The molecular formula is C12H18O3. The van der Waals surface area contributed by atoms with Crippen LogP contribution in [-0.2, 0) is 11.3 Å². The summed E-state index contributed by atoms with van der Waals surface area (Å²) in [4.78, 5) is 11.7. The van der Waals surface area contributed by atoms with Crippen LogP contribution in [0.15, 0.2) is 16.5 Å². The summed E-state index contributed by atoms with van der Waals surface area (Å²) in [5.74, 6) is 1.63. The number of carbonyl (C=O) groups excluding carboxylic acids is 1. The highest BCUT2D eigenvalue weighted by Gasteiger charge is 2.13. The van der Waals surface area contributed by atoms with Gasteiger partial charge in [-0.2, -0.15) is 0 Å². The molecule has 0 radical (unpaired) electrons. The van der Waals surface area contributed by atoms with Crippen molar-refractivity contribution in [1.82, 2.24) is 0 Å². The van der Waals surface area contributed by atoms with Gasteiger partial charge >= 0.3 is 0 Å². The number of hydrogen-bond acceptors (Lipinski definition) is 3. The standard InChI is InChI=1S/C12H18O3/c1-4-9(2)7-11(13)12-6-5-10(15-12)8-14-3/h5-6,9H,4,7-8H2,1-3H3. The maximum Gasteiger partial charge on any atom is 0.198 e. The average molecular weight is 210 g/mol. The lowest BCUT2D eigenvalue weighted by molar-refractivity contribution is 0.0927. The van der Waals surface area contributed by atoms with Crippen LogP contribution >= 0.6 is 0 Å². The Kier molecular flexibility index (Phi) is 4.56. The van der Waals surface area contributed by atoms with E-state index in [9.17, 15) is 4.79 Å². The van der Waals surface area contributed by atoms with Gasteiger partial charge in [-0.1, -0.05) is 20.3 Å². The number of ketones is 1. The predicted molar refractivity (Wildman–Crippen MR) is 57.8 cm³/mol. The van der Waals surface area contributed by atoms with Crippen LogP contribution in [0.1, 0.15) is 43.0 Å². The number of furan rings is 1. The SMILES string of the molecule is CCC(C)CC(=O)c1ccc(COC)o1. The van der Waals surface area contributed by atoms with Crippen molar-refractivity contribution in [3.05, 3.63) is 23.7 Å². The van der Waals surface area contributed by atoms with Gasteiger partial charge in [0.05, 0.1) is 0 Å². The van der Waals surface area contributed by atoms with Crippen molar-refractivity contribution in [2.24, 2.45) is 5.92 Å². The first-order valence-electron chi connectivity index (χ1n) is 5.28. The molecule has 0 aliphatic carbocycles. The molecule has 1 aromatic heterocycles. The van der Waals surface area contributed by atoms with Gasteiger partial charge in [-0.05, 0) is 18.1 Å². The summed E-state index contributed by atoms with van der Waals surface area (Å²) >= 11 is 0. The monoisotopic (exact) mass is 210 g/mol. The van der Waals surface area contributed by atoms with Crippen LogP contribution in [0.3, 0.4) is 0 Å². The second-order valence-corrected chi connectivity index (χ2v) is 3.84. The van der Waals surface area contributed by atoms with Crippen LogP contribution < -0.4 is 0 Å². The zero-order chi connectivity index (χ0) is 11.3. The van der Waals surface area contributed by atoms with Gasteiger partial charge in [-0.3, -0.25) is 4.79 Å². The summed E-state index contributed by atoms with van der Waals surface area (Å²) in [6.07, 6.45) is 1.56. The third-order valence-corrected chi connectivity index (χ3v) is 2.45. The van der Waals surface area contributed by atoms with E-state index in [0.29, 0.717) is 30.5 Å². The van der Waals surface area contributed by atoms with Crippen molar-refractivity contribution < 1.29 is 13.9 Å². The molecule has 0 bridgehead atoms. The van der Waals surface area contributed by atoms with Crippen LogP contribution in [0.2, 0.25) is 0 Å². The zero-order valence-corrected chi connectivity index (χ0v) is 9.58. The Morgan fingerprint density at radius 3 is 2.87 bits per heavy atom. The van der Waals surface area contributed by atoms with Crippen LogP contribution in [0.25, 0.3) is 0 Å². The second-order valence-electron chi connectivity index (χ2n) is 3.84. The Balaban J connectivity index is 2.58. The summed E-state index contributed by atoms with van der Waals surface area (Å²) in [5, 5.41) is 0. The van der Waals surface area contributed by atoms with Gasteiger partial charge in [0.2, 0.25) is 0 Å². The topological polar surface area (TPSA) is 39.4 Å². The molecule has 3 nitrogen and oxygen atoms in total. The molecule has 0 saturated heterocycles. The summed E-state index contributed by atoms with van der Waals surface area (Å²) in [7, 11) is 1.60. The fourth-order valence-electron chi connectivity index (χ4n) is 1.31. The van der Waals surface area contributed by atoms with Gasteiger partial charge < -0.3 is 9.15 Å². The lowest BCUT2D eigenvalue weighted by Gasteiger charge is -2.04. The Hall–Kier alpha value is -1.09. The molecule has 1 atom stereocenters. The zero-order valence-electron chi connectivity index (χ0n) is 9.58. The molecule has 0 aliphatic heterocycles. The number of hydrogen-bond donors (Lipinski definition) is 0. The number of ether oxygens (including phenoxy) is 1. The van der Waals surface area contributed by atoms with Crippen molar-refractivity contribution in [3.63, 3.8) is 0 Å². The molecule has 0 fully saturated rings. The highest BCUT2D eigenvalue weighted by molar-refractivity contribution is 5.93. The van der Waals surface area contributed by atoms with Gasteiger partial charge in [-0.15, -0.1) is 0 Å². The molecule has 0 amide bonds. The summed E-state index contributed by atoms with van der Waals surface area (Å²) < 4.78 is 10.3. The third-order valence-electron chi connectivity index (χ3n) is 2.45. The van der Waals surface area contributed by atoms with E-state index in [1.807, 2.05) is 0 Å². The molecule has 1 heterocycles. The van der Waals surface area contributed by atoms with Crippen LogP contribution in [0.4, 0.5) is 0 Å². The Bertz CT molecular complexity index is 314. The van der Waals surface area contributed by atoms with Gasteiger partial charge in [0.1, 0.15) is 12.4 Å². The first-order valence-corrected chi connectivity index (χ1v) is 5.28. The molecule has 3 heteroatoms. The minimum absolute atomic E-state index is 0.0757. The van der Waals surface area contributed by atoms with Crippen LogP contribution in [0, 0.1) is 5.92 Å². The summed E-state index contributed by atoms with van der Waals surface area (Å²) in [6, 6.07) is 3.51. The predicted octanol–water partition coefficient (Wildman–Crippen LogP) is 3.04. The number of carbonyl (C=O) groups is 1. The molecule has 0 N–H and O–H groups in total. The Labute approximate surface area is 90.4 Å². The van der Waals surface area contributed by atoms with Crippen LogP contribution in [0.5, 0.6) is 0 Å². The normalized spacial score (nSPS) is 12.7. The van der Waals surface area contributed by atoms with E-state index in [2.05, 4.69) is 13.8 Å². The van der Waals surface area contributed by atoms with Crippen molar-refractivity contribution in [1.29, 1.82) is 0 Å². The number of methoxy groups -OCH3 is 1. The molecule has 1 unspecified atom stereocenters. The van der Waals surface area contributed by atoms with E-state index < -0.39 is 0 Å². The van der Waals surface area contributed by atoms with Gasteiger partial charge in [0.15, 0.2) is 11.5 Å². The maximum atomic E-state index is 11.7. The smallest absolute Gasteiger partial charge is 0.198 e. The first kappa shape index (κ1) is 12.0. The van der Waals surface area contributed by atoms with Gasteiger partial charge in [0.25, 0.3) is 0 Å². The molecule has 0 aliphatic rings. The molecule has 1 rings (SSSR count). The summed E-state index contributed by atoms with van der Waals surface area (Å²) in [6.45, 7) is 4.56. The highest BCUT2D eigenvalue weighted by Crippen LogP contribution is 2.15. The molecular weight excluding hydrogens is 192 g/mol. The van der Waals surface area contributed by atoms with E-state index in [4.69, 9.17) is 9.15 Å². The molecule has 1 aromatic rings. The average Bonchev–Trinajstić information content (AvgIpc) is 2.67. The van der Waals surface area contributed by atoms with Crippen molar-refractivity contribution in [2.75, 3.05) is 7.11 Å². The highest BCUT2D eigenvalue weighted by atomic mass is 16.5. The number of rotatable bonds is 6. The lowest BCUT2D eigenvalue weighted by atomic mass is 10.0. The van der Waals surface area contributed by atoms with E-state index in [1.165, 1.54) is 0 Å². The van der Waals surface area contributed by atoms with E-state index in [0.717, 1.165) is 6.42 Å². The summed E-state index contributed by atoms with van der Waals surface area (Å²) in [5.41, 5.74) is 0. The van der Waals surface area contributed by atoms with Gasteiger partial charge in [0, 0.05) is 13.5 Å². The Morgan fingerprint density at radius 2 is 2.27 bits per heavy atom. The minimum Gasteiger partial charge on any atom is -0.456 e. The quantitative estimate of drug-likeness (QED) is 0.677. The third kappa shape index (κ3) is 3.51. The molecule has 84 valence electrons. The second kappa shape index (κ2) is 5.71. The fourth-order valence-corrected chi connectivity index (χ4v) is 1.31. The molecule has 0 aromatic carbocycles. The van der Waals surface area contributed by atoms with Crippen molar-refractivity contribution in [3.8, 4) is 0 Å². The molecule has 0 saturated carbocycles.